The monoisotopic (exact) mass is 745 g/mol. The third kappa shape index (κ3) is 6.10. The molecular formula is C44H72O9. The van der Waals surface area contributed by atoms with Crippen molar-refractivity contribution in [3.05, 3.63) is 11.6 Å². The first-order valence-electron chi connectivity index (χ1n) is 21.3. The van der Waals surface area contributed by atoms with E-state index >= 15 is 0 Å². The van der Waals surface area contributed by atoms with Crippen LogP contribution >= 0.6 is 0 Å². The van der Waals surface area contributed by atoms with Crippen molar-refractivity contribution in [3.8, 4) is 0 Å². The number of rotatable bonds is 6. The normalized spacial score (nSPS) is 55.1. The van der Waals surface area contributed by atoms with Gasteiger partial charge < -0.3 is 39.7 Å². The fourth-order valence-electron chi connectivity index (χ4n) is 14.2. The standard InChI is InChI=1S/C44H72O9/c1-23-28-12-15-43(9)33(11-10-29-30-21-40(5,6)16-18-44(30,26(4)46)19-17-42(29,43)8)41(28,7)14-13-31(23)53-39-38(24(2)34(47)25(3)51-39)52-32-20-27(22-45)35(48)37(50)36(32)49/h10,23-25,27-28,30-39,45,47-50H,11-22H2,1-9H3/t23?,24-,25?,27?,28-,30?,31-,32+,33?,34-,35?,36?,37-,38?,39-,41?,42+,43-,44+/m0/s1. The molecular weight excluding hydrogens is 672 g/mol. The van der Waals surface area contributed by atoms with Gasteiger partial charge in [-0.3, -0.25) is 4.79 Å². The zero-order valence-corrected chi connectivity index (χ0v) is 34.1. The lowest BCUT2D eigenvalue weighted by Crippen LogP contribution is -2.64. The van der Waals surface area contributed by atoms with Crippen LogP contribution in [-0.2, 0) is 19.0 Å². The Kier molecular flexibility index (Phi) is 10.6. The molecule has 6 fully saturated rings. The van der Waals surface area contributed by atoms with Crippen LogP contribution in [-0.4, -0.2) is 93.0 Å². The molecule has 0 spiro atoms. The van der Waals surface area contributed by atoms with Crippen LogP contribution in [0.15, 0.2) is 11.6 Å². The minimum absolute atomic E-state index is 0.0716. The third-order valence-corrected chi connectivity index (χ3v) is 18.0. The fraction of sp³-hybridized carbons (Fsp3) is 0.932. The highest BCUT2D eigenvalue weighted by atomic mass is 16.7. The van der Waals surface area contributed by atoms with Crippen molar-refractivity contribution in [1.82, 2.24) is 0 Å². The summed E-state index contributed by atoms with van der Waals surface area (Å²) in [5.74, 6) is 1.02. The van der Waals surface area contributed by atoms with Gasteiger partial charge in [-0.2, -0.15) is 0 Å². The Morgan fingerprint density at radius 2 is 1.53 bits per heavy atom. The average molecular weight is 745 g/mol. The summed E-state index contributed by atoms with van der Waals surface area (Å²) in [6, 6.07) is 0. The highest BCUT2D eigenvalue weighted by Gasteiger charge is 2.68. The van der Waals surface area contributed by atoms with Gasteiger partial charge in [0.15, 0.2) is 6.29 Å². The number of carbonyl (C=O) groups is 1. The van der Waals surface area contributed by atoms with Gasteiger partial charge in [0, 0.05) is 23.9 Å². The first kappa shape index (κ1) is 40.3. The second kappa shape index (κ2) is 13.9. The maximum Gasteiger partial charge on any atom is 0.184 e. The van der Waals surface area contributed by atoms with Gasteiger partial charge in [-0.15, -0.1) is 0 Å². The summed E-state index contributed by atoms with van der Waals surface area (Å²) in [6.07, 6.45) is 5.75. The number of aliphatic hydroxyl groups is 5. The summed E-state index contributed by atoms with van der Waals surface area (Å²) in [5, 5.41) is 52.8. The number of fused-ring (bicyclic) bond motifs is 7. The van der Waals surface area contributed by atoms with Crippen LogP contribution in [0.3, 0.4) is 0 Å². The van der Waals surface area contributed by atoms with E-state index in [4.69, 9.17) is 14.2 Å². The van der Waals surface area contributed by atoms with Crippen LogP contribution in [0, 0.1) is 62.6 Å². The minimum atomic E-state index is -1.45. The van der Waals surface area contributed by atoms with Crippen LogP contribution in [0.2, 0.25) is 0 Å². The van der Waals surface area contributed by atoms with E-state index in [2.05, 4.69) is 47.6 Å². The Morgan fingerprint density at radius 3 is 2.21 bits per heavy atom. The van der Waals surface area contributed by atoms with Crippen molar-refractivity contribution in [1.29, 1.82) is 0 Å². The molecule has 0 bridgehead atoms. The molecule has 1 heterocycles. The van der Waals surface area contributed by atoms with Crippen molar-refractivity contribution in [2.45, 2.75) is 188 Å². The Morgan fingerprint density at radius 1 is 0.830 bits per heavy atom. The van der Waals surface area contributed by atoms with E-state index in [0.29, 0.717) is 23.5 Å². The zero-order chi connectivity index (χ0) is 38.6. The van der Waals surface area contributed by atoms with Crippen LogP contribution in [0.5, 0.6) is 0 Å². The number of ether oxygens (including phenoxy) is 3. The smallest absolute Gasteiger partial charge is 0.184 e. The van der Waals surface area contributed by atoms with Crippen LogP contribution in [0.25, 0.3) is 0 Å². The predicted octanol–water partition coefficient (Wildman–Crippen LogP) is 5.96. The summed E-state index contributed by atoms with van der Waals surface area (Å²) < 4.78 is 19.8. The van der Waals surface area contributed by atoms with Gasteiger partial charge >= 0.3 is 0 Å². The second-order valence-electron chi connectivity index (χ2n) is 20.9. The molecule has 9 heteroatoms. The lowest BCUT2D eigenvalue weighted by molar-refractivity contribution is -0.327. The molecule has 0 aromatic carbocycles. The molecule has 9 nitrogen and oxygen atoms in total. The van der Waals surface area contributed by atoms with Gasteiger partial charge in [-0.1, -0.05) is 60.1 Å². The Hall–Kier alpha value is -0.910. The van der Waals surface area contributed by atoms with Crippen LogP contribution in [0.4, 0.5) is 0 Å². The molecule has 1 saturated heterocycles. The number of aliphatic hydroxyl groups excluding tert-OH is 5. The predicted molar refractivity (Wildman–Crippen MR) is 201 cm³/mol. The number of hydrogen-bond acceptors (Lipinski definition) is 9. The van der Waals surface area contributed by atoms with Gasteiger partial charge in [0.2, 0.25) is 0 Å². The summed E-state index contributed by atoms with van der Waals surface area (Å²) >= 11 is 0. The molecule has 7 aliphatic rings. The number of allylic oxidation sites excluding steroid dienone is 2. The van der Waals surface area contributed by atoms with E-state index < -0.39 is 54.9 Å². The number of Topliss-reactive ketones (excluding diaryl/α,β-unsaturated/α-hetero) is 1. The maximum absolute atomic E-state index is 13.5. The van der Waals surface area contributed by atoms with Gasteiger partial charge in [-0.25, -0.2) is 0 Å². The van der Waals surface area contributed by atoms with Gasteiger partial charge in [0.25, 0.3) is 0 Å². The van der Waals surface area contributed by atoms with E-state index in [1.807, 2.05) is 20.8 Å². The number of hydrogen-bond donors (Lipinski definition) is 5. The number of carbonyl (C=O) groups excluding carboxylic acids is 1. The molecule has 6 aliphatic carbocycles. The fourth-order valence-corrected chi connectivity index (χ4v) is 14.2. The first-order chi connectivity index (χ1) is 24.7. The molecule has 7 rings (SSSR count). The van der Waals surface area contributed by atoms with E-state index in [9.17, 15) is 30.3 Å². The SMILES string of the molecule is CC(=O)[C@]12CCC(C)(C)CC1C1=CCC3C4(C)CC[C@H](O[C@@H]5OC(C)[C@@H](O)[C@H](C)C5O[C@@H]5CC(CO)C(O)[C@H](O)C5O)C(C)[C@@H]4CC[C@]3(C)[C@]1(C)CC2. The maximum atomic E-state index is 13.5. The summed E-state index contributed by atoms with van der Waals surface area (Å²) in [7, 11) is 0. The molecule has 0 aromatic heterocycles. The van der Waals surface area contributed by atoms with E-state index in [0.717, 1.165) is 64.2 Å². The molecule has 0 amide bonds. The lowest BCUT2D eigenvalue weighted by Gasteiger charge is -2.70. The zero-order valence-electron chi connectivity index (χ0n) is 34.1. The molecule has 19 atom stereocenters. The Bertz CT molecular complexity index is 1410. The second-order valence-corrected chi connectivity index (χ2v) is 20.9. The van der Waals surface area contributed by atoms with Crippen molar-refractivity contribution in [3.63, 3.8) is 0 Å². The van der Waals surface area contributed by atoms with Crippen LogP contribution in [0.1, 0.15) is 133 Å². The molecule has 0 radical (unpaired) electrons. The third-order valence-electron chi connectivity index (χ3n) is 18.0. The minimum Gasteiger partial charge on any atom is -0.396 e. The summed E-state index contributed by atoms with van der Waals surface area (Å²) in [5.41, 5.74) is 2.03. The number of ketones is 1. The average Bonchev–Trinajstić information content (AvgIpc) is 3.10. The molecule has 53 heavy (non-hydrogen) atoms. The van der Waals surface area contributed by atoms with Crippen molar-refractivity contribution >= 4 is 5.78 Å². The van der Waals surface area contributed by atoms with E-state index in [1.165, 1.54) is 0 Å². The summed E-state index contributed by atoms with van der Waals surface area (Å²) in [4.78, 5) is 13.5. The molecule has 0 aromatic rings. The topological polar surface area (TPSA) is 146 Å². The molecule has 5 N–H and O–H groups in total. The van der Waals surface area contributed by atoms with Crippen molar-refractivity contribution < 1.29 is 44.5 Å². The largest absolute Gasteiger partial charge is 0.396 e. The molecule has 302 valence electrons. The van der Waals surface area contributed by atoms with Crippen molar-refractivity contribution in [2.24, 2.45) is 62.6 Å². The molecule has 5 saturated carbocycles. The van der Waals surface area contributed by atoms with Crippen LogP contribution < -0.4 is 0 Å². The Labute approximate surface area is 318 Å². The highest BCUT2D eigenvalue weighted by Crippen LogP contribution is 2.75. The first-order valence-corrected chi connectivity index (χ1v) is 21.3. The van der Waals surface area contributed by atoms with Gasteiger partial charge in [0.05, 0.1) is 30.5 Å². The van der Waals surface area contributed by atoms with Crippen molar-refractivity contribution in [2.75, 3.05) is 6.61 Å². The molecule has 1 aliphatic heterocycles. The highest BCUT2D eigenvalue weighted by molar-refractivity contribution is 5.84. The summed E-state index contributed by atoms with van der Waals surface area (Å²) in [6.45, 7) is 20.2. The lowest BCUT2D eigenvalue weighted by atomic mass is 9.34. The van der Waals surface area contributed by atoms with E-state index in [1.54, 1.807) is 5.57 Å². The van der Waals surface area contributed by atoms with E-state index in [-0.39, 0.29) is 58.0 Å². The quantitative estimate of drug-likeness (QED) is 0.164. The molecule has 9 unspecified atom stereocenters. The van der Waals surface area contributed by atoms with Gasteiger partial charge in [0.1, 0.15) is 24.1 Å². The Balaban J connectivity index is 1.11. The van der Waals surface area contributed by atoms with Gasteiger partial charge in [-0.05, 0) is 130 Å².